The lowest BCUT2D eigenvalue weighted by Gasteiger charge is -2.41. The monoisotopic (exact) mass is 731 g/mol. The van der Waals surface area contributed by atoms with Crippen molar-refractivity contribution in [3.05, 3.63) is 222 Å². The maximum absolute atomic E-state index is 6.43. The van der Waals surface area contributed by atoms with E-state index in [1.165, 1.54) is 53.9 Å². The number of benzene rings is 9. The number of fused-ring (bicyclic) bond motifs is 14. The smallest absolute Gasteiger partial charge is 0.143 e. The molecule has 1 aliphatic heterocycles. The van der Waals surface area contributed by atoms with Crippen LogP contribution in [0.2, 0.25) is 0 Å². The number of anilines is 3. The maximum atomic E-state index is 6.43. The third kappa shape index (κ3) is 4.40. The number of para-hydroxylation sites is 3. The largest absolute Gasteiger partial charge is 0.455 e. The molecular formula is C53H33NOS. The Morgan fingerprint density at radius 3 is 1.84 bits per heavy atom. The highest BCUT2D eigenvalue weighted by atomic mass is 32.2. The van der Waals surface area contributed by atoms with Gasteiger partial charge >= 0.3 is 0 Å². The van der Waals surface area contributed by atoms with Crippen LogP contribution >= 0.6 is 11.8 Å². The van der Waals surface area contributed by atoms with Crippen LogP contribution in [-0.4, -0.2) is 0 Å². The van der Waals surface area contributed by atoms with Crippen molar-refractivity contribution in [2.45, 2.75) is 15.2 Å². The van der Waals surface area contributed by atoms with E-state index in [4.69, 9.17) is 4.42 Å². The predicted molar refractivity (Wildman–Crippen MR) is 233 cm³/mol. The highest BCUT2D eigenvalue weighted by Crippen LogP contribution is 2.63. The standard InChI is InChI=1S/C53H33NOS/c1-2-14-36(15-3-1)54(37-28-25-35(26-29-37)40-20-12-21-44-43-19-8-11-24-48(43)55-52(40)44)38-30-31-47-50(33-38)56-49-32-27-34-13-4-5-16-39(34)51(49)53(47)45-22-9-6-17-41(45)42-18-7-10-23-46(42)53/h1-33H. The van der Waals surface area contributed by atoms with Gasteiger partial charge in [-0.25, -0.2) is 0 Å². The lowest BCUT2D eigenvalue weighted by atomic mass is 9.66. The number of rotatable bonds is 4. The fourth-order valence-corrected chi connectivity index (χ4v) is 10.9. The van der Waals surface area contributed by atoms with Crippen molar-refractivity contribution in [1.29, 1.82) is 0 Å². The molecule has 2 nitrogen and oxygen atoms in total. The third-order valence-corrected chi connectivity index (χ3v) is 13.0. The van der Waals surface area contributed by atoms with Crippen LogP contribution in [0.3, 0.4) is 0 Å². The van der Waals surface area contributed by atoms with E-state index in [-0.39, 0.29) is 0 Å². The molecule has 1 spiro atoms. The number of nitrogens with zero attached hydrogens (tertiary/aromatic N) is 1. The molecule has 1 aliphatic carbocycles. The Kier molecular flexibility index (Phi) is 6.81. The molecule has 0 saturated carbocycles. The highest BCUT2D eigenvalue weighted by Gasteiger charge is 2.51. The summed E-state index contributed by atoms with van der Waals surface area (Å²) < 4.78 is 6.43. The van der Waals surface area contributed by atoms with Gasteiger partial charge in [0.2, 0.25) is 0 Å². The van der Waals surface area contributed by atoms with E-state index in [9.17, 15) is 0 Å². The van der Waals surface area contributed by atoms with Gasteiger partial charge in [-0.1, -0.05) is 163 Å². The summed E-state index contributed by atoms with van der Waals surface area (Å²) in [6.07, 6.45) is 0. The lowest BCUT2D eigenvalue weighted by molar-refractivity contribution is 0.670. The Hall–Kier alpha value is -6.81. The quantitative estimate of drug-likeness (QED) is 0.179. The van der Waals surface area contributed by atoms with Crippen LogP contribution in [0.5, 0.6) is 0 Å². The normalized spacial score (nSPS) is 13.4. The van der Waals surface area contributed by atoms with Crippen molar-refractivity contribution >= 4 is 61.5 Å². The van der Waals surface area contributed by atoms with Crippen LogP contribution in [0.4, 0.5) is 17.1 Å². The summed E-state index contributed by atoms with van der Waals surface area (Å²) in [5.74, 6) is 0. The Morgan fingerprint density at radius 2 is 1.04 bits per heavy atom. The molecule has 9 aromatic carbocycles. The summed E-state index contributed by atoms with van der Waals surface area (Å²) in [4.78, 5) is 4.95. The summed E-state index contributed by atoms with van der Waals surface area (Å²) >= 11 is 1.89. The van der Waals surface area contributed by atoms with Gasteiger partial charge < -0.3 is 9.32 Å². The van der Waals surface area contributed by atoms with E-state index in [0.29, 0.717) is 0 Å². The van der Waals surface area contributed by atoms with Gasteiger partial charge in [0.05, 0.1) is 5.41 Å². The van der Waals surface area contributed by atoms with Crippen LogP contribution in [0.15, 0.2) is 214 Å². The van der Waals surface area contributed by atoms with Crippen molar-refractivity contribution in [3.63, 3.8) is 0 Å². The van der Waals surface area contributed by atoms with Crippen LogP contribution in [-0.2, 0) is 5.41 Å². The average molecular weight is 732 g/mol. The molecule has 2 heterocycles. The Labute approximate surface area is 329 Å². The summed E-state index contributed by atoms with van der Waals surface area (Å²) in [6.45, 7) is 0. The van der Waals surface area contributed by atoms with Crippen molar-refractivity contribution in [2.24, 2.45) is 0 Å². The lowest BCUT2D eigenvalue weighted by Crippen LogP contribution is -2.32. The molecule has 0 radical (unpaired) electrons. The third-order valence-electron chi connectivity index (χ3n) is 11.9. The van der Waals surface area contributed by atoms with Crippen molar-refractivity contribution in [3.8, 4) is 22.3 Å². The first-order valence-corrected chi connectivity index (χ1v) is 20.0. The predicted octanol–water partition coefficient (Wildman–Crippen LogP) is 14.7. The van der Waals surface area contributed by atoms with Crippen LogP contribution in [0.25, 0.3) is 55.0 Å². The fraction of sp³-hybridized carbons (Fsp3) is 0.0189. The van der Waals surface area contributed by atoms with E-state index in [1.807, 2.05) is 23.9 Å². The van der Waals surface area contributed by atoms with Gasteiger partial charge in [0.15, 0.2) is 0 Å². The first-order chi connectivity index (χ1) is 27.8. The zero-order chi connectivity index (χ0) is 36.8. The first kappa shape index (κ1) is 31.5. The van der Waals surface area contributed by atoms with Gasteiger partial charge in [-0.3, -0.25) is 0 Å². The molecule has 0 saturated heterocycles. The number of hydrogen-bond acceptors (Lipinski definition) is 3. The minimum Gasteiger partial charge on any atom is -0.455 e. The molecule has 0 atom stereocenters. The average Bonchev–Trinajstić information content (AvgIpc) is 3.79. The number of hydrogen-bond donors (Lipinski definition) is 0. The van der Waals surface area contributed by atoms with Gasteiger partial charge in [0, 0.05) is 43.2 Å². The molecule has 56 heavy (non-hydrogen) atoms. The van der Waals surface area contributed by atoms with Gasteiger partial charge in [-0.2, -0.15) is 0 Å². The Bertz CT molecular complexity index is 3130. The van der Waals surface area contributed by atoms with Crippen LogP contribution < -0.4 is 4.90 Å². The highest BCUT2D eigenvalue weighted by molar-refractivity contribution is 7.99. The topological polar surface area (TPSA) is 16.4 Å². The van der Waals surface area contributed by atoms with E-state index in [2.05, 4.69) is 193 Å². The second-order valence-electron chi connectivity index (χ2n) is 14.8. The second kappa shape index (κ2) is 12.1. The second-order valence-corrected chi connectivity index (χ2v) is 15.9. The molecule has 2 aliphatic rings. The first-order valence-electron chi connectivity index (χ1n) is 19.2. The molecule has 0 unspecified atom stereocenters. The zero-order valence-corrected chi connectivity index (χ0v) is 31.1. The summed E-state index contributed by atoms with van der Waals surface area (Å²) in [5.41, 5.74) is 14.9. The van der Waals surface area contributed by atoms with Gasteiger partial charge in [0.25, 0.3) is 0 Å². The molecule has 0 amide bonds. The maximum Gasteiger partial charge on any atom is 0.143 e. The van der Waals surface area contributed by atoms with E-state index < -0.39 is 5.41 Å². The van der Waals surface area contributed by atoms with E-state index in [1.54, 1.807) is 0 Å². The van der Waals surface area contributed by atoms with Gasteiger partial charge in [-0.05, 0) is 98.2 Å². The van der Waals surface area contributed by atoms with Crippen LogP contribution in [0.1, 0.15) is 22.3 Å². The van der Waals surface area contributed by atoms with E-state index >= 15 is 0 Å². The molecule has 0 bridgehead atoms. The minimum atomic E-state index is -0.459. The minimum absolute atomic E-state index is 0.459. The molecule has 10 aromatic rings. The van der Waals surface area contributed by atoms with E-state index in [0.717, 1.165) is 50.1 Å². The van der Waals surface area contributed by atoms with Gasteiger partial charge in [-0.15, -0.1) is 0 Å². The summed E-state index contributed by atoms with van der Waals surface area (Å²) in [6, 6.07) is 73.2. The molecule has 262 valence electrons. The Balaban J connectivity index is 1.05. The van der Waals surface area contributed by atoms with Gasteiger partial charge in [0.1, 0.15) is 11.2 Å². The summed E-state index contributed by atoms with van der Waals surface area (Å²) in [7, 11) is 0. The summed E-state index contributed by atoms with van der Waals surface area (Å²) in [5, 5.41) is 4.86. The molecule has 12 rings (SSSR count). The number of furan rings is 1. The SMILES string of the molecule is c1ccc(N(c2ccc(-c3cccc4c3oc3ccccc34)cc2)c2ccc3c(c2)Sc2ccc4ccccc4c2C32c3ccccc3-c3ccccc32)cc1. The Morgan fingerprint density at radius 1 is 0.411 bits per heavy atom. The van der Waals surface area contributed by atoms with Crippen molar-refractivity contribution < 1.29 is 4.42 Å². The molecule has 1 aromatic heterocycles. The molecule has 0 fully saturated rings. The zero-order valence-electron chi connectivity index (χ0n) is 30.3. The fourth-order valence-electron chi connectivity index (χ4n) is 9.60. The molecular weight excluding hydrogens is 699 g/mol. The van der Waals surface area contributed by atoms with Crippen molar-refractivity contribution in [2.75, 3.05) is 4.90 Å². The van der Waals surface area contributed by atoms with Crippen LogP contribution in [0, 0.1) is 0 Å². The molecule has 0 N–H and O–H groups in total. The molecule has 3 heteroatoms. The van der Waals surface area contributed by atoms with Crippen molar-refractivity contribution in [1.82, 2.24) is 0 Å².